The number of ether oxygens (including phenoxy) is 1. The first-order valence-electron chi connectivity index (χ1n) is 12.2. The van der Waals surface area contributed by atoms with Crippen molar-refractivity contribution in [1.29, 1.82) is 0 Å². The summed E-state index contributed by atoms with van der Waals surface area (Å²) in [4.78, 5) is 35.5. The van der Waals surface area contributed by atoms with Gasteiger partial charge in [0.1, 0.15) is 35.2 Å². The summed E-state index contributed by atoms with van der Waals surface area (Å²) in [7, 11) is 0. The number of anilines is 1. The second kappa shape index (κ2) is 8.98. The van der Waals surface area contributed by atoms with E-state index in [2.05, 4.69) is 11.6 Å². The third kappa shape index (κ3) is 3.88. The zero-order valence-electron chi connectivity index (χ0n) is 20.7. The van der Waals surface area contributed by atoms with Gasteiger partial charge in [0, 0.05) is 32.2 Å². The van der Waals surface area contributed by atoms with E-state index in [4.69, 9.17) is 10.5 Å². The van der Waals surface area contributed by atoms with Crippen molar-refractivity contribution in [2.24, 2.45) is 5.73 Å². The molecule has 4 heterocycles. The summed E-state index contributed by atoms with van der Waals surface area (Å²) in [6, 6.07) is 2.83. The molecule has 2 fully saturated rings. The lowest BCUT2D eigenvalue weighted by molar-refractivity contribution is -0.128. The van der Waals surface area contributed by atoms with Crippen molar-refractivity contribution >= 4 is 17.6 Å². The standard InChI is InChI=1S/C26H29F2N5O4/c1-4-18(35)31-10-11-32-14(12-31)13-37-23-20(25(32)36)24(33-9-8-17(29)26(33,2)3)30-22(21(23)28)19-15(27)6-5-7-16(19)34/h4-7,14,17,34H,1,8-13,29H2,2-3H3/t14-,17?/m1/s1. The molecule has 2 amide bonds. The first kappa shape index (κ1) is 24.9. The van der Waals surface area contributed by atoms with Gasteiger partial charge in [-0.1, -0.05) is 12.6 Å². The number of carbonyl (C=O) groups is 2. The maximum atomic E-state index is 16.1. The number of carbonyl (C=O) groups excluding carboxylic acids is 2. The number of amides is 2. The van der Waals surface area contributed by atoms with E-state index >= 15 is 4.39 Å². The van der Waals surface area contributed by atoms with Crippen LogP contribution in [0.1, 0.15) is 30.6 Å². The van der Waals surface area contributed by atoms with E-state index in [1.165, 1.54) is 18.2 Å². The van der Waals surface area contributed by atoms with Gasteiger partial charge < -0.3 is 30.3 Å². The first-order valence-corrected chi connectivity index (χ1v) is 12.2. The third-order valence-corrected chi connectivity index (χ3v) is 7.69. The van der Waals surface area contributed by atoms with E-state index < -0.39 is 46.1 Å². The monoisotopic (exact) mass is 513 g/mol. The Labute approximate surface area is 213 Å². The van der Waals surface area contributed by atoms with Crippen molar-refractivity contribution in [3.63, 3.8) is 0 Å². The molecule has 0 spiro atoms. The summed E-state index contributed by atoms with van der Waals surface area (Å²) in [5, 5.41) is 10.4. The number of nitrogens with two attached hydrogens (primary N) is 1. The molecule has 0 radical (unpaired) electrons. The molecule has 3 N–H and O–H groups in total. The zero-order chi connectivity index (χ0) is 26.6. The van der Waals surface area contributed by atoms with Crippen molar-refractivity contribution in [3.05, 3.63) is 48.1 Å². The number of hydrogen-bond donors (Lipinski definition) is 2. The highest BCUT2D eigenvalue weighted by atomic mass is 19.1. The van der Waals surface area contributed by atoms with Crippen molar-refractivity contribution < 1.29 is 28.2 Å². The van der Waals surface area contributed by atoms with Crippen LogP contribution in [0.15, 0.2) is 30.9 Å². The lowest BCUT2D eigenvalue weighted by Crippen LogP contribution is -2.57. The molecule has 0 bridgehead atoms. The Hall–Kier alpha value is -3.73. The third-order valence-electron chi connectivity index (χ3n) is 7.69. The summed E-state index contributed by atoms with van der Waals surface area (Å²) in [6.45, 7) is 8.34. The fourth-order valence-electron chi connectivity index (χ4n) is 5.37. The largest absolute Gasteiger partial charge is 0.507 e. The molecule has 2 aromatic rings. The van der Waals surface area contributed by atoms with Crippen molar-refractivity contribution in [2.75, 3.05) is 37.7 Å². The van der Waals surface area contributed by atoms with Crippen LogP contribution >= 0.6 is 0 Å². The molecule has 0 saturated carbocycles. The maximum absolute atomic E-state index is 16.1. The highest BCUT2D eigenvalue weighted by Gasteiger charge is 2.46. The molecular weight excluding hydrogens is 484 g/mol. The van der Waals surface area contributed by atoms with Crippen LogP contribution in [0.4, 0.5) is 14.6 Å². The molecule has 37 heavy (non-hydrogen) atoms. The summed E-state index contributed by atoms with van der Waals surface area (Å²) in [5.74, 6) is -3.43. The molecule has 1 aromatic heterocycles. The number of fused-ring (bicyclic) bond motifs is 2. The number of rotatable bonds is 3. The van der Waals surface area contributed by atoms with E-state index in [1.807, 2.05) is 18.7 Å². The summed E-state index contributed by atoms with van der Waals surface area (Å²) in [5.41, 5.74) is 4.73. The topological polar surface area (TPSA) is 112 Å². The van der Waals surface area contributed by atoms with Crippen LogP contribution < -0.4 is 15.4 Å². The van der Waals surface area contributed by atoms with Crippen molar-refractivity contribution in [2.45, 2.75) is 37.9 Å². The van der Waals surface area contributed by atoms with E-state index in [1.54, 1.807) is 9.80 Å². The number of phenols is 1. The number of nitrogens with zero attached hydrogens (tertiary/aromatic N) is 4. The zero-order valence-corrected chi connectivity index (χ0v) is 20.7. The number of pyridine rings is 1. The van der Waals surface area contributed by atoms with Gasteiger partial charge in [0.05, 0.1) is 17.1 Å². The fourth-order valence-corrected chi connectivity index (χ4v) is 5.37. The second-order valence-electron chi connectivity index (χ2n) is 10.1. The van der Waals surface area contributed by atoms with Gasteiger partial charge in [-0.25, -0.2) is 13.8 Å². The lowest BCUT2D eigenvalue weighted by Gasteiger charge is -2.40. The summed E-state index contributed by atoms with van der Waals surface area (Å²) >= 11 is 0. The average Bonchev–Trinajstić information content (AvgIpc) is 3.04. The minimum absolute atomic E-state index is 0.0785. The van der Waals surface area contributed by atoms with E-state index in [0.717, 1.165) is 6.07 Å². The highest BCUT2D eigenvalue weighted by molar-refractivity contribution is 6.03. The molecule has 11 heteroatoms. The molecule has 5 rings (SSSR count). The van der Waals surface area contributed by atoms with Crippen LogP contribution in [0.25, 0.3) is 11.3 Å². The van der Waals surface area contributed by atoms with Gasteiger partial charge in [0.15, 0.2) is 11.6 Å². The number of piperazine rings is 1. The van der Waals surface area contributed by atoms with Crippen LogP contribution in [0, 0.1) is 11.6 Å². The number of benzene rings is 1. The SMILES string of the molecule is C=CC(=O)N1CCN2C(=O)c3c(N4CCC(N)C4(C)C)nc(-c4c(O)cccc4F)c(F)c3OC[C@H]2C1. The first-order chi connectivity index (χ1) is 17.6. The quantitative estimate of drug-likeness (QED) is 0.606. The molecule has 1 unspecified atom stereocenters. The Kier molecular flexibility index (Phi) is 6.06. The molecule has 2 saturated heterocycles. The fraction of sp³-hybridized carbons (Fsp3) is 0.423. The normalized spacial score (nSPS) is 22.7. The number of hydrogen-bond acceptors (Lipinski definition) is 7. The molecule has 2 atom stereocenters. The van der Waals surface area contributed by atoms with Gasteiger partial charge in [-0.3, -0.25) is 9.59 Å². The number of aromatic nitrogens is 1. The Balaban J connectivity index is 1.70. The van der Waals surface area contributed by atoms with E-state index in [9.17, 15) is 19.1 Å². The van der Waals surface area contributed by atoms with Crippen LogP contribution in [0.5, 0.6) is 11.5 Å². The Bertz CT molecular complexity index is 1280. The predicted molar refractivity (Wildman–Crippen MR) is 132 cm³/mol. The van der Waals surface area contributed by atoms with Gasteiger partial charge in [-0.05, 0) is 38.5 Å². The Morgan fingerprint density at radius 1 is 1.27 bits per heavy atom. The van der Waals surface area contributed by atoms with Gasteiger partial charge in [0.25, 0.3) is 5.91 Å². The molecular formula is C26H29F2N5O4. The molecule has 196 valence electrons. The van der Waals surface area contributed by atoms with Gasteiger partial charge in [0.2, 0.25) is 5.91 Å². The van der Waals surface area contributed by atoms with Gasteiger partial charge >= 0.3 is 0 Å². The number of halogens is 2. The lowest BCUT2D eigenvalue weighted by atomic mass is 9.96. The van der Waals surface area contributed by atoms with E-state index in [-0.39, 0.29) is 55.3 Å². The Morgan fingerprint density at radius 3 is 2.68 bits per heavy atom. The average molecular weight is 514 g/mol. The highest BCUT2D eigenvalue weighted by Crippen LogP contribution is 2.45. The molecule has 9 nitrogen and oxygen atoms in total. The molecule has 0 aliphatic carbocycles. The molecule has 3 aliphatic heterocycles. The minimum Gasteiger partial charge on any atom is -0.507 e. The van der Waals surface area contributed by atoms with Crippen LogP contribution in [-0.2, 0) is 4.79 Å². The second-order valence-corrected chi connectivity index (χ2v) is 10.1. The summed E-state index contributed by atoms with van der Waals surface area (Å²) < 4.78 is 36.8. The number of aromatic hydroxyl groups is 1. The van der Waals surface area contributed by atoms with Crippen LogP contribution in [-0.4, -0.2) is 82.1 Å². The van der Waals surface area contributed by atoms with Gasteiger partial charge in [-0.15, -0.1) is 0 Å². The van der Waals surface area contributed by atoms with Crippen LogP contribution in [0.3, 0.4) is 0 Å². The minimum atomic E-state index is -1.05. The van der Waals surface area contributed by atoms with E-state index in [0.29, 0.717) is 13.0 Å². The Morgan fingerprint density at radius 2 is 2.03 bits per heavy atom. The van der Waals surface area contributed by atoms with Crippen LogP contribution in [0.2, 0.25) is 0 Å². The number of phenolic OH excluding ortho intramolecular Hbond substituents is 1. The summed E-state index contributed by atoms with van der Waals surface area (Å²) in [6.07, 6.45) is 1.80. The molecule has 1 aromatic carbocycles. The smallest absolute Gasteiger partial charge is 0.262 e. The maximum Gasteiger partial charge on any atom is 0.262 e. The predicted octanol–water partition coefficient (Wildman–Crippen LogP) is 2.28. The molecule has 3 aliphatic rings. The van der Waals surface area contributed by atoms with Crippen molar-refractivity contribution in [1.82, 2.24) is 14.8 Å². The van der Waals surface area contributed by atoms with Gasteiger partial charge in [-0.2, -0.15) is 0 Å². The van der Waals surface area contributed by atoms with Crippen molar-refractivity contribution in [3.8, 4) is 22.8 Å².